The zero-order valence-corrected chi connectivity index (χ0v) is 11.4. The van der Waals surface area contributed by atoms with Gasteiger partial charge in [0.05, 0.1) is 0 Å². The van der Waals surface area contributed by atoms with Crippen molar-refractivity contribution in [1.82, 2.24) is 9.88 Å². The Kier molecular flexibility index (Phi) is 2.99. The topological polar surface area (TPSA) is 34.0 Å². The van der Waals surface area contributed by atoms with Gasteiger partial charge < -0.3 is 9.88 Å². The van der Waals surface area contributed by atoms with Gasteiger partial charge in [-0.3, -0.25) is 4.79 Å². The molecule has 3 heteroatoms. The minimum absolute atomic E-state index is 0.0874. The van der Waals surface area contributed by atoms with E-state index in [1.165, 1.54) is 16.7 Å². The number of aryl methyl sites for hydroxylation is 2. The molecule has 0 radical (unpaired) electrons. The van der Waals surface area contributed by atoms with Crippen LogP contribution in [0.2, 0.25) is 0 Å². The highest BCUT2D eigenvalue weighted by Crippen LogP contribution is 2.18. The summed E-state index contributed by atoms with van der Waals surface area (Å²) in [4.78, 5) is 11.4. The Morgan fingerprint density at radius 2 is 1.74 bits per heavy atom. The number of hydrogen-bond acceptors (Lipinski definition) is 2. The first-order chi connectivity index (χ1) is 9.13. The Balaban J connectivity index is 1.96. The number of fused-ring (bicyclic) bond motifs is 1. The van der Waals surface area contributed by atoms with E-state index >= 15 is 0 Å². The quantitative estimate of drug-likeness (QED) is 0.890. The summed E-state index contributed by atoms with van der Waals surface area (Å²) < 4.78 is 2.19. The van der Waals surface area contributed by atoms with E-state index in [9.17, 15) is 4.79 Å². The fourth-order valence-corrected chi connectivity index (χ4v) is 2.77. The van der Waals surface area contributed by atoms with Crippen molar-refractivity contribution >= 4 is 0 Å². The maximum atomic E-state index is 11.4. The van der Waals surface area contributed by atoms with Crippen molar-refractivity contribution in [3.63, 3.8) is 0 Å². The Morgan fingerprint density at radius 1 is 1.05 bits per heavy atom. The van der Waals surface area contributed by atoms with Crippen LogP contribution in [0.5, 0.6) is 0 Å². The maximum Gasteiger partial charge on any atom is 0.182 e. The van der Waals surface area contributed by atoms with Crippen molar-refractivity contribution < 1.29 is 0 Å². The maximum absolute atomic E-state index is 11.4. The smallest absolute Gasteiger partial charge is 0.182 e. The minimum atomic E-state index is 0.0874. The molecule has 0 fully saturated rings. The van der Waals surface area contributed by atoms with Crippen LogP contribution >= 0.6 is 0 Å². The molecule has 2 aromatic rings. The van der Waals surface area contributed by atoms with Crippen molar-refractivity contribution in [2.24, 2.45) is 0 Å². The van der Waals surface area contributed by atoms with Gasteiger partial charge in [0.2, 0.25) is 0 Å². The second-order valence-electron chi connectivity index (χ2n) is 5.27. The van der Waals surface area contributed by atoms with Gasteiger partial charge in [-0.2, -0.15) is 0 Å². The molecule has 1 aliphatic heterocycles. The van der Waals surface area contributed by atoms with Crippen LogP contribution in [0.25, 0.3) is 0 Å². The number of nitrogens with zero attached hydrogens (tertiary/aromatic N) is 1. The van der Waals surface area contributed by atoms with E-state index in [2.05, 4.69) is 28.1 Å². The highest BCUT2D eigenvalue weighted by Gasteiger charge is 2.10. The summed E-state index contributed by atoms with van der Waals surface area (Å²) in [6.45, 7) is 6.74. The third-order valence-electron chi connectivity index (χ3n) is 3.80. The second-order valence-corrected chi connectivity index (χ2v) is 5.27. The van der Waals surface area contributed by atoms with Crippen molar-refractivity contribution in [2.45, 2.75) is 33.5 Å². The molecule has 0 amide bonds. The van der Waals surface area contributed by atoms with E-state index in [4.69, 9.17) is 0 Å². The van der Waals surface area contributed by atoms with Crippen LogP contribution in [-0.2, 0) is 19.6 Å². The number of rotatable bonds is 2. The third-order valence-corrected chi connectivity index (χ3v) is 3.80. The monoisotopic (exact) mass is 254 g/mol. The van der Waals surface area contributed by atoms with Crippen LogP contribution in [0.1, 0.15) is 28.1 Å². The Bertz CT molecular complexity index is 659. The lowest BCUT2D eigenvalue weighted by Crippen LogP contribution is -2.13. The zero-order chi connectivity index (χ0) is 13.4. The minimum Gasteiger partial charge on any atom is -0.345 e. The summed E-state index contributed by atoms with van der Waals surface area (Å²) in [7, 11) is 0. The number of pyridine rings is 1. The zero-order valence-electron chi connectivity index (χ0n) is 11.4. The van der Waals surface area contributed by atoms with Crippen LogP contribution in [0, 0.1) is 13.8 Å². The van der Waals surface area contributed by atoms with Gasteiger partial charge in [-0.25, -0.2) is 0 Å². The van der Waals surface area contributed by atoms with Crippen LogP contribution in [0.3, 0.4) is 0 Å². The summed E-state index contributed by atoms with van der Waals surface area (Å²) in [5.74, 6) is 0. The molecule has 0 atom stereocenters. The highest BCUT2D eigenvalue weighted by molar-refractivity contribution is 5.35. The van der Waals surface area contributed by atoms with Crippen molar-refractivity contribution in [3.05, 3.63) is 68.6 Å². The van der Waals surface area contributed by atoms with Gasteiger partial charge >= 0.3 is 0 Å². The number of nitrogens with one attached hydrogen (secondary N) is 1. The van der Waals surface area contributed by atoms with E-state index in [0.717, 1.165) is 31.0 Å². The Morgan fingerprint density at radius 3 is 2.47 bits per heavy atom. The second kappa shape index (κ2) is 4.67. The molecule has 0 spiro atoms. The standard InChI is InChI=1S/C16H18N2O/c1-11-5-16(19)6-12(2)18(11)10-13-3-4-14-8-17-9-15(14)7-13/h3-7,17H,8-10H2,1-2H3. The third kappa shape index (κ3) is 2.34. The average Bonchev–Trinajstić information content (AvgIpc) is 2.81. The van der Waals surface area contributed by atoms with Gasteiger partial charge in [0, 0.05) is 43.2 Å². The fourth-order valence-electron chi connectivity index (χ4n) is 2.77. The molecular formula is C16H18N2O. The summed E-state index contributed by atoms with van der Waals surface area (Å²) in [5, 5.41) is 3.36. The first kappa shape index (κ1) is 12.2. The van der Waals surface area contributed by atoms with Crippen LogP contribution in [-0.4, -0.2) is 4.57 Å². The molecule has 3 nitrogen and oxygen atoms in total. The number of benzene rings is 1. The highest BCUT2D eigenvalue weighted by atomic mass is 16.1. The predicted octanol–water partition coefficient (Wildman–Crippen LogP) is 2.12. The molecule has 0 aliphatic carbocycles. The molecule has 2 heterocycles. The SMILES string of the molecule is Cc1cc(=O)cc(C)n1Cc1ccc2c(c1)CNC2. The summed E-state index contributed by atoms with van der Waals surface area (Å²) in [6.07, 6.45) is 0. The normalized spacial score (nSPS) is 13.6. The van der Waals surface area contributed by atoms with Crippen molar-refractivity contribution in [1.29, 1.82) is 0 Å². The summed E-state index contributed by atoms with van der Waals surface area (Å²) in [6, 6.07) is 10.1. The summed E-state index contributed by atoms with van der Waals surface area (Å²) in [5.41, 5.74) is 6.21. The molecule has 1 aromatic heterocycles. The van der Waals surface area contributed by atoms with Crippen LogP contribution in [0.15, 0.2) is 35.1 Å². The molecule has 19 heavy (non-hydrogen) atoms. The van der Waals surface area contributed by atoms with Gasteiger partial charge in [-0.15, -0.1) is 0 Å². The summed E-state index contributed by atoms with van der Waals surface area (Å²) >= 11 is 0. The van der Waals surface area contributed by atoms with E-state index in [-0.39, 0.29) is 5.43 Å². The molecule has 1 aromatic carbocycles. The first-order valence-corrected chi connectivity index (χ1v) is 6.63. The molecule has 98 valence electrons. The molecule has 0 saturated heterocycles. The lowest BCUT2D eigenvalue weighted by Gasteiger charge is -2.15. The largest absolute Gasteiger partial charge is 0.345 e. The first-order valence-electron chi connectivity index (χ1n) is 6.63. The van der Waals surface area contributed by atoms with Gasteiger partial charge in [0.25, 0.3) is 0 Å². The van der Waals surface area contributed by atoms with Crippen LogP contribution < -0.4 is 10.7 Å². The van der Waals surface area contributed by atoms with Crippen molar-refractivity contribution in [3.8, 4) is 0 Å². The van der Waals surface area contributed by atoms with E-state index in [1.807, 2.05) is 13.8 Å². The predicted molar refractivity (Wildman–Crippen MR) is 76.3 cm³/mol. The molecule has 0 saturated carbocycles. The molecule has 0 unspecified atom stereocenters. The molecule has 0 bridgehead atoms. The van der Waals surface area contributed by atoms with E-state index in [0.29, 0.717) is 0 Å². The molecular weight excluding hydrogens is 236 g/mol. The Hall–Kier alpha value is -1.87. The lowest BCUT2D eigenvalue weighted by atomic mass is 10.1. The van der Waals surface area contributed by atoms with Gasteiger partial charge in [-0.1, -0.05) is 18.2 Å². The molecule has 1 N–H and O–H groups in total. The van der Waals surface area contributed by atoms with Gasteiger partial charge in [-0.05, 0) is 30.5 Å². The lowest BCUT2D eigenvalue weighted by molar-refractivity contribution is 0.726. The Labute approximate surface area is 112 Å². The molecule has 3 rings (SSSR count). The van der Waals surface area contributed by atoms with Gasteiger partial charge in [0.1, 0.15) is 0 Å². The number of hydrogen-bond donors (Lipinski definition) is 1. The molecule has 1 aliphatic rings. The fraction of sp³-hybridized carbons (Fsp3) is 0.312. The van der Waals surface area contributed by atoms with Gasteiger partial charge in [0.15, 0.2) is 5.43 Å². The van der Waals surface area contributed by atoms with Crippen molar-refractivity contribution in [2.75, 3.05) is 0 Å². The number of aromatic nitrogens is 1. The van der Waals surface area contributed by atoms with E-state index < -0.39 is 0 Å². The van der Waals surface area contributed by atoms with Crippen LogP contribution in [0.4, 0.5) is 0 Å². The van der Waals surface area contributed by atoms with E-state index in [1.54, 1.807) is 12.1 Å². The average molecular weight is 254 g/mol.